The summed E-state index contributed by atoms with van der Waals surface area (Å²) < 4.78 is 5.65. The van der Waals surface area contributed by atoms with Crippen LogP contribution in [-0.2, 0) is 11.3 Å². The van der Waals surface area contributed by atoms with Gasteiger partial charge in [0.2, 0.25) is 0 Å². The Morgan fingerprint density at radius 2 is 2.40 bits per heavy atom. The predicted molar refractivity (Wildman–Crippen MR) is 61.5 cm³/mol. The third-order valence-corrected chi connectivity index (χ3v) is 2.97. The maximum absolute atomic E-state index is 5.69. The molecule has 0 bridgehead atoms. The minimum Gasteiger partial charge on any atom is -0.399 e. The maximum Gasteiger partial charge on any atom is 0.0718 e. The highest BCUT2D eigenvalue weighted by Gasteiger charge is 2.23. The van der Waals surface area contributed by atoms with Gasteiger partial charge in [-0.1, -0.05) is 12.1 Å². The molecule has 3 heteroatoms. The van der Waals surface area contributed by atoms with Crippen molar-refractivity contribution in [2.75, 3.05) is 25.9 Å². The summed E-state index contributed by atoms with van der Waals surface area (Å²) in [6, 6.07) is 8.48. The molecule has 1 heterocycles. The highest BCUT2D eigenvalue weighted by atomic mass is 16.5. The second kappa shape index (κ2) is 4.64. The van der Waals surface area contributed by atoms with Crippen LogP contribution in [0.3, 0.4) is 0 Å². The van der Waals surface area contributed by atoms with Crippen LogP contribution in [0.15, 0.2) is 24.3 Å². The Morgan fingerprint density at radius 3 is 3.00 bits per heavy atom. The minimum atomic E-state index is 0.617. The Kier molecular flexibility index (Phi) is 3.23. The molecule has 1 aliphatic heterocycles. The normalized spacial score (nSPS) is 21.3. The van der Waals surface area contributed by atoms with E-state index in [-0.39, 0.29) is 0 Å². The Labute approximate surface area is 90.8 Å². The van der Waals surface area contributed by atoms with Crippen molar-refractivity contribution in [3.63, 3.8) is 0 Å². The molecule has 0 aliphatic carbocycles. The average Bonchev–Trinajstić information content (AvgIpc) is 2.22. The first-order valence-corrected chi connectivity index (χ1v) is 5.38. The lowest BCUT2D eigenvalue weighted by Crippen LogP contribution is -2.47. The summed E-state index contributed by atoms with van der Waals surface area (Å²) in [6.07, 6.45) is 1.26. The zero-order chi connectivity index (χ0) is 10.7. The largest absolute Gasteiger partial charge is 0.399 e. The average molecular weight is 206 g/mol. The molecular weight excluding hydrogens is 188 g/mol. The summed E-state index contributed by atoms with van der Waals surface area (Å²) in [5.41, 5.74) is 7.64. The molecule has 0 spiro atoms. The van der Waals surface area contributed by atoms with E-state index in [1.807, 2.05) is 24.3 Å². The summed E-state index contributed by atoms with van der Waals surface area (Å²) in [6.45, 7) is 2.69. The van der Waals surface area contributed by atoms with E-state index in [1.54, 1.807) is 0 Å². The van der Waals surface area contributed by atoms with Crippen molar-refractivity contribution in [3.8, 4) is 0 Å². The molecule has 2 N–H and O–H groups in total. The summed E-state index contributed by atoms with van der Waals surface area (Å²) in [4.78, 5) is 2.32. The van der Waals surface area contributed by atoms with Crippen LogP contribution in [0.1, 0.15) is 12.0 Å². The fourth-order valence-electron chi connectivity index (χ4n) is 1.78. The van der Waals surface area contributed by atoms with Gasteiger partial charge in [-0.3, -0.25) is 0 Å². The molecule has 0 radical (unpaired) electrons. The number of ether oxygens (including phenoxy) is 1. The molecule has 3 nitrogen and oxygen atoms in total. The number of nitrogen functional groups attached to an aromatic ring is 1. The second-order valence-corrected chi connectivity index (χ2v) is 4.18. The van der Waals surface area contributed by atoms with Crippen molar-refractivity contribution in [2.45, 2.75) is 19.1 Å². The topological polar surface area (TPSA) is 38.5 Å². The van der Waals surface area contributed by atoms with E-state index in [4.69, 9.17) is 10.5 Å². The molecule has 0 amide bonds. The smallest absolute Gasteiger partial charge is 0.0718 e. The number of rotatable bonds is 4. The first-order chi connectivity index (χ1) is 7.25. The molecule has 1 aromatic rings. The summed E-state index contributed by atoms with van der Waals surface area (Å²) in [7, 11) is 2.14. The van der Waals surface area contributed by atoms with E-state index < -0.39 is 0 Å². The van der Waals surface area contributed by atoms with Gasteiger partial charge in [-0.15, -0.1) is 0 Å². The van der Waals surface area contributed by atoms with E-state index in [1.165, 1.54) is 13.0 Å². The molecule has 1 atom stereocenters. The summed E-state index contributed by atoms with van der Waals surface area (Å²) in [5, 5.41) is 0. The number of nitrogens with two attached hydrogens (primary N) is 1. The molecule has 1 aliphatic rings. The molecular formula is C12H18N2O. The van der Waals surface area contributed by atoms with Gasteiger partial charge < -0.3 is 15.4 Å². The van der Waals surface area contributed by atoms with Crippen LogP contribution >= 0.6 is 0 Å². The van der Waals surface area contributed by atoms with Gasteiger partial charge >= 0.3 is 0 Å². The number of likely N-dealkylation sites (N-methyl/N-ethyl adjacent to an activating group) is 1. The highest BCUT2D eigenvalue weighted by molar-refractivity contribution is 5.40. The van der Waals surface area contributed by atoms with Crippen LogP contribution in [0.4, 0.5) is 5.69 Å². The molecule has 0 aromatic heterocycles. The van der Waals surface area contributed by atoms with Crippen molar-refractivity contribution in [3.05, 3.63) is 29.8 Å². The van der Waals surface area contributed by atoms with E-state index in [0.29, 0.717) is 12.6 Å². The van der Waals surface area contributed by atoms with Crippen LogP contribution < -0.4 is 5.73 Å². The molecule has 15 heavy (non-hydrogen) atoms. The first kappa shape index (κ1) is 10.5. The maximum atomic E-state index is 5.69. The minimum absolute atomic E-state index is 0.617. The predicted octanol–water partition coefficient (Wildman–Crippen LogP) is 1.49. The van der Waals surface area contributed by atoms with Crippen LogP contribution in [0, 0.1) is 0 Å². The van der Waals surface area contributed by atoms with E-state index in [9.17, 15) is 0 Å². The number of hydrogen-bond acceptors (Lipinski definition) is 3. The van der Waals surface area contributed by atoms with E-state index in [2.05, 4.69) is 11.9 Å². The molecule has 1 saturated heterocycles. The van der Waals surface area contributed by atoms with Crippen molar-refractivity contribution in [1.82, 2.24) is 4.90 Å². The van der Waals surface area contributed by atoms with Gasteiger partial charge in [-0.25, -0.2) is 0 Å². The van der Waals surface area contributed by atoms with Crippen LogP contribution in [0.25, 0.3) is 0 Å². The Bertz CT molecular complexity index is 327. The summed E-state index contributed by atoms with van der Waals surface area (Å²) >= 11 is 0. The van der Waals surface area contributed by atoms with E-state index in [0.717, 1.165) is 17.9 Å². The zero-order valence-corrected chi connectivity index (χ0v) is 9.15. The van der Waals surface area contributed by atoms with E-state index >= 15 is 0 Å². The lowest BCUT2D eigenvalue weighted by atomic mass is 10.1. The van der Waals surface area contributed by atoms with Gasteiger partial charge in [0.05, 0.1) is 13.2 Å². The lowest BCUT2D eigenvalue weighted by Gasteiger charge is -2.37. The van der Waals surface area contributed by atoms with Gasteiger partial charge in [0.15, 0.2) is 0 Å². The second-order valence-electron chi connectivity index (χ2n) is 4.18. The Morgan fingerprint density at radius 1 is 1.53 bits per heavy atom. The van der Waals surface area contributed by atoms with Gasteiger partial charge in [-0.05, 0) is 37.7 Å². The molecule has 0 unspecified atom stereocenters. The Hall–Kier alpha value is -1.06. The molecule has 1 fully saturated rings. The molecule has 1 aromatic carbocycles. The molecule has 2 rings (SSSR count). The van der Waals surface area contributed by atoms with Gasteiger partial charge in [0.25, 0.3) is 0 Å². The van der Waals surface area contributed by atoms with Crippen molar-refractivity contribution < 1.29 is 4.74 Å². The number of hydrogen-bond donors (Lipinski definition) is 1. The fraction of sp³-hybridized carbons (Fsp3) is 0.500. The van der Waals surface area contributed by atoms with Gasteiger partial charge in [0.1, 0.15) is 0 Å². The quantitative estimate of drug-likeness (QED) is 0.758. The third-order valence-electron chi connectivity index (χ3n) is 2.97. The summed E-state index contributed by atoms with van der Waals surface area (Å²) in [5.74, 6) is 0. The zero-order valence-electron chi connectivity index (χ0n) is 9.15. The highest BCUT2D eigenvalue weighted by Crippen LogP contribution is 2.15. The van der Waals surface area contributed by atoms with Crippen LogP contribution in [0.2, 0.25) is 0 Å². The first-order valence-electron chi connectivity index (χ1n) is 5.38. The number of likely N-dealkylation sites (tertiary alicyclic amines) is 1. The standard InChI is InChI=1S/C12H18N2O/c1-14-6-5-12(14)9-15-8-10-3-2-4-11(13)7-10/h2-4,7,12H,5-6,8-9,13H2,1H3/t12-/m1/s1. The monoisotopic (exact) mass is 206 g/mol. The molecule has 82 valence electrons. The van der Waals surface area contributed by atoms with Crippen molar-refractivity contribution in [2.24, 2.45) is 0 Å². The van der Waals surface area contributed by atoms with Gasteiger partial charge in [-0.2, -0.15) is 0 Å². The SMILES string of the molecule is CN1CC[C@@H]1COCc1cccc(N)c1. The third kappa shape index (κ3) is 2.70. The van der Waals surface area contributed by atoms with Crippen LogP contribution in [0.5, 0.6) is 0 Å². The number of anilines is 1. The molecule has 0 saturated carbocycles. The van der Waals surface area contributed by atoms with Crippen LogP contribution in [-0.4, -0.2) is 31.1 Å². The van der Waals surface area contributed by atoms with Gasteiger partial charge in [0, 0.05) is 11.7 Å². The van der Waals surface area contributed by atoms with Crippen molar-refractivity contribution >= 4 is 5.69 Å². The Balaban J connectivity index is 1.73. The van der Waals surface area contributed by atoms with Crippen molar-refractivity contribution in [1.29, 1.82) is 0 Å². The fourth-order valence-corrected chi connectivity index (χ4v) is 1.78. The lowest BCUT2D eigenvalue weighted by molar-refractivity contribution is 0.0144. The number of nitrogens with zero attached hydrogens (tertiary/aromatic N) is 1. The number of benzene rings is 1.